The van der Waals surface area contributed by atoms with Crippen molar-refractivity contribution in [3.63, 3.8) is 0 Å². The Bertz CT molecular complexity index is 1220. The molecule has 0 bridgehead atoms. The first-order chi connectivity index (χ1) is 17.3. The van der Waals surface area contributed by atoms with E-state index >= 15 is 0 Å². The summed E-state index contributed by atoms with van der Waals surface area (Å²) in [6, 6.07) is 5.80. The molecule has 8 nitrogen and oxygen atoms in total. The maximum atomic E-state index is 14.8. The molecule has 3 atom stereocenters. The van der Waals surface area contributed by atoms with Gasteiger partial charge in [-0.1, -0.05) is 30.3 Å². The third-order valence-electron chi connectivity index (χ3n) is 7.33. The molecule has 1 aromatic carbocycles. The van der Waals surface area contributed by atoms with Crippen LogP contribution in [0.4, 0.5) is 10.2 Å². The number of halogens is 2. The maximum Gasteiger partial charge on any atom is 0.261 e. The lowest BCUT2D eigenvalue weighted by Gasteiger charge is -2.39. The number of ether oxygens (including phenoxy) is 2. The number of hydrogen-bond donors (Lipinski definition) is 0. The summed E-state index contributed by atoms with van der Waals surface area (Å²) < 4.78 is 26.7. The van der Waals surface area contributed by atoms with Crippen molar-refractivity contribution in [1.82, 2.24) is 14.8 Å². The summed E-state index contributed by atoms with van der Waals surface area (Å²) in [6.07, 6.45) is 1.98. The van der Waals surface area contributed by atoms with Gasteiger partial charge in [-0.05, 0) is 31.6 Å². The average Bonchev–Trinajstić information content (AvgIpc) is 3.19. The van der Waals surface area contributed by atoms with E-state index < -0.39 is 5.82 Å². The van der Waals surface area contributed by atoms with Crippen LogP contribution in [0.15, 0.2) is 36.9 Å². The van der Waals surface area contributed by atoms with Gasteiger partial charge in [0.15, 0.2) is 5.75 Å². The number of anilines is 1. The summed E-state index contributed by atoms with van der Waals surface area (Å²) in [4.78, 5) is 36.4. The lowest BCUT2D eigenvalue weighted by molar-refractivity contribution is -0.128. The number of fused-ring (bicyclic) bond motifs is 2. The molecule has 0 saturated carbocycles. The lowest BCUT2D eigenvalue weighted by atomic mass is 10.1. The van der Waals surface area contributed by atoms with E-state index in [1.54, 1.807) is 35.1 Å². The molecule has 2 saturated heterocycles. The van der Waals surface area contributed by atoms with Gasteiger partial charge in [0.25, 0.3) is 5.91 Å². The Balaban J connectivity index is 1.65. The number of hydrogen-bond acceptors (Lipinski definition) is 6. The van der Waals surface area contributed by atoms with Crippen LogP contribution < -0.4 is 9.64 Å². The molecule has 0 spiro atoms. The number of piperazine rings is 1. The lowest BCUT2D eigenvalue weighted by Crippen LogP contribution is -2.57. The molecule has 0 aliphatic carbocycles. The Labute approximate surface area is 214 Å². The number of aromatic nitrogens is 1. The highest BCUT2D eigenvalue weighted by atomic mass is 35.5. The van der Waals surface area contributed by atoms with Crippen molar-refractivity contribution >= 4 is 29.2 Å². The number of carbonyl (C=O) groups is 2. The second-order valence-corrected chi connectivity index (χ2v) is 9.61. The van der Waals surface area contributed by atoms with Gasteiger partial charge >= 0.3 is 0 Å². The molecule has 2 amide bonds. The zero-order valence-electron chi connectivity index (χ0n) is 20.2. The fourth-order valence-electron chi connectivity index (χ4n) is 5.34. The zero-order chi connectivity index (χ0) is 25.6. The fourth-order valence-corrected chi connectivity index (χ4v) is 5.63. The second-order valence-electron chi connectivity index (χ2n) is 9.23. The van der Waals surface area contributed by atoms with Gasteiger partial charge in [0.05, 0.1) is 23.9 Å². The number of methoxy groups -OCH3 is 1. The summed E-state index contributed by atoms with van der Waals surface area (Å²) in [5.74, 6) is -0.347. The second kappa shape index (κ2) is 9.71. The predicted molar refractivity (Wildman–Crippen MR) is 134 cm³/mol. The molecule has 0 N–H and O–H groups in total. The number of amides is 2. The van der Waals surface area contributed by atoms with Crippen LogP contribution in [0, 0.1) is 5.82 Å². The van der Waals surface area contributed by atoms with Crippen molar-refractivity contribution < 1.29 is 23.5 Å². The normalized spacial score (nSPS) is 23.6. The molecule has 36 heavy (non-hydrogen) atoms. The number of rotatable bonds is 4. The van der Waals surface area contributed by atoms with Gasteiger partial charge in [0.1, 0.15) is 28.8 Å². The molecule has 2 aromatic rings. The minimum absolute atomic E-state index is 0.0435. The van der Waals surface area contributed by atoms with E-state index in [-0.39, 0.29) is 64.2 Å². The van der Waals surface area contributed by atoms with Gasteiger partial charge in [-0.25, -0.2) is 9.37 Å². The van der Waals surface area contributed by atoms with E-state index in [4.69, 9.17) is 26.1 Å². The molecular formula is C26H28ClFN4O4. The monoisotopic (exact) mass is 514 g/mol. The van der Waals surface area contributed by atoms with Crippen LogP contribution in [-0.4, -0.2) is 84.7 Å². The SMILES string of the molecule is C=CC(=O)N1CCN2C(=O)c3c(N4CCC(OC)[C@@H]4C)nc(-c4ccccc4F)c(Cl)c3OC[C@H]2C1. The molecule has 190 valence electrons. The van der Waals surface area contributed by atoms with Gasteiger partial charge in [-0.3, -0.25) is 9.59 Å². The van der Waals surface area contributed by atoms with Gasteiger partial charge < -0.3 is 24.2 Å². The minimum Gasteiger partial charge on any atom is -0.489 e. The van der Waals surface area contributed by atoms with Gasteiger partial charge in [-0.15, -0.1) is 0 Å². The molecule has 4 heterocycles. The Morgan fingerprint density at radius 1 is 1.28 bits per heavy atom. The van der Waals surface area contributed by atoms with E-state index in [0.717, 1.165) is 6.42 Å². The highest BCUT2D eigenvalue weighted by molar-refractivity contribution is 6.35. The highest BCUT2D eigenvalue weighted by Gasteiger charge is 2.42. The molecule has 0 radical (unpaired) electrons. The summed E-state index contributed by atoms with van der Waals surface area (Å²) >= 11 is 6.80. The van der Waals surface area contributed by atoms with Crippen molar-refractivity contribution in [2.24, 2.45) is 0 Å². The third-order valence-corrected chi connectivity index (χ3v) is 7.68. The van der Waals surface area contributed by atoms with E-state index in [1.165, 1.54) is 12.1 Å². The standard InChI is InChI=1S/C26H28ClFN4O4/c1-4-20(33)30-11-12-32-16(13-30)14-36-24-21(26(32)34)25(31-10-9-19(35-3)15(31)2)29-23(22(24)27)17-7-5-6-8-18(17)28/h4-8,15-16,19H,1,9-14H2,2-3H3/t15-,16+,19?/m0/s1. The van der Waals surface area contributed by atoms with Crippen molar-refractivity contribution in [3.05, 3.63) is 53.3 Å². The maximum absolute atomic E-state index is 14.8. The largest absolute Gasteiger partial charge is 0.489 e. The van der Waals surface area contributed by atoms with Gasteiger partial charge in [-0.2, -0.15) is 0 Å². The van der Waals surface area contributed by atoms with Gasteiger partial charge in [0, 0.05) is 38.9 Å². The third kappa shape index (κ3) is 4.00. The van der Waals surface area contributed by atoms with Crippen molar-refractivity contribution in [3.8, 4) is 17.0 Å². The molecular weight excluding hydrogens is 487 g/mol. The van der Waals surface area contributed by atoms with Crippen LogP contribution in [0.2, 0.25) is 5.02 Å². The van der Waals surface area contributed by atoms with Crippen LogP contribution in [-0.2, 0) is 9.53 Å². The topological polar surface area (TPSA) is 75.2 Å². The number of carbonyl (C=O) groups excluding carboxylic acids is 2. The van der Waals surface area contributed by atoms with Crippen molar-refractivity contribution in [2.45, 2.75) is 31.5 Å². The van der Waals surface area contributed by atoms with Crippen molar-refractivity contribution in [2.75, 3.05) is 44.8 Å². The minimum atomic E-state index is -0.474. The first kappa shape index (κ1) is 24.5. The Kier molecular flexibility index (Phi) is 6.61. The Morgan fingerprint density at radius 3 is 2.75 bits per heavy atom. The number of pyridine rings is 1. The molecule has 2 fully saturated rings. The number of nitrogens with zero attached hydrogens (tertiary/aromatic N) is 4. The molecule has 5 rings (SSSR count). The summed E-state index contributed by atoms with van der Waals surface area (Å²) in [7, 11) is 1.66. The first-order valence-electron chi connectivity index (χ1n) is 12.0. The van der Waals surface area contributed by atoms with Crippen LogP contribution >= 0.6 is 11.6 Å². The zero-order valence-corrected chi connectivity index (χ0v) is 21.0. The van der Waals surface area contributed by atoms with Crippen molar-refractivity contribution in [1.29, 1.82) is 0 Å². The molecule has 3 aliphatic heterocycles. The smallest absolute Gasteiger partial charge is 0.261 e. The Hall–Kier alpha value is -3.17. The summed E-state index contributed by atoms with van der Waals surface area (Å²) in [5.41, 5.74) is 0.699. The first-order valence-corrected chi connectivity index (χ1v) is 12.4. The predicted octanol–water partition coefficient (Wildman–Crippen LogP) is 3.39. The van der Waals surface area contributed by atoms with Crippen LogP contribution in [0.5, 0.6) is 5.75 Å². The van der Waals surface area contributed by atoms with E-state index in [1.807, 2.05) is 11.8 Å². The van der Waals surface area contributed by atoms with E-state index in [0.29, 0.717) is 32.0 Å². The van der Waals surface area contributed by atoms with Crippen LogP contribution in [0.25, 0.3) is 11.3 Å². The van der Waals surface area contributed by atoms with Gasteiger partial charge in [0.2, 0.25) is 5.91 Å². The molecule has 1 unspecified atom stereocenters. The van der Waals surface area contributed by atoms with E-state index in [2.05, 4.69) is 6.58 Å². The summed E-state index contributed by atoms with van der Waals surface area (Å²) in [6.45, 7) is 7.36. The highest BCUT2D eigenvalue weighted by Crippen LogP contribution is 2.45. The fraction of sp³-hybridized carbons (Fsp3) is 0.423. The van der Waals surface area contributed by atoms with Crippen LogP contribution in [0.3, 0.4) is 0 Å². The number of benzene rings is 1. The van der Waals surface area contributed by atoms with E-state index in [9.17, 15) is 14.0 Å². The Morgan fingerprint density at radius 2 is 2.06 bits per heavy atom. The molecule has 1 aromatic heterocycles. The average molecular weight is 515 g/mol. The summed E-state index contributed by atoms with van der Waals surface area (Å²) in [5, 5.41) is 0.0845. The molecule has 3 aliphatic rings. The quantitative estimate of drug-likeness (QED) is 0.582. The molecule has 10 heteroatoms. The van der Waals surface area contributed by atoms with Crippen LogP contribution in [0.1, 0.15) is 23.7 Å².